The fraction of sp³-hybridized carbons (Fsp3) is 0.333. The van der Waals surface area contributed by atoms with Crippen LogP contribution >= 0.6 is 11.6 Å². The fourth-order valence-corrected chi connectivity index (χ4v) is 1.92. The van der Waals surface area contributed by atoms with Gasteiger partial charge in [0.1, 0.15) is 11.6 Å². The van der Waals surface area contributed by atoms with Gasteiger partial charge in [-0.2, -0.15) is 4.98 Å². The lowest BCUT2D eigenvalue weighted by molar-refractivity contribution is 0.395. The standard InChI is InChI=1S/C15H18ClN3O/c1-3-4-13-18-14(9-15(19-13)20-2)17-10-11-5-7-12(16)8-6-11/h5-9H,3-4,10H2,1-2H3,(H,17,18,19). The van der Waals surface area contributed by atoms with E-state index in [0.29, 0.717) is 12.4 Å². The summed E-state index contributed by atoms with van der Waals surface area (Å²) < 4.78 is 5.20. The minimum atomic E-state index is 0.585. The zero-order valence-corrected chi connectivity index (χ0v) is 12.4. The van der Waals surface area contributed by atoms with E-state index in [1.54, 1.807) is 13.2 Å². The zero-order valence-electron chi connectivity index (χ0n) is 11.7. The maximum absolute atomic E-state index is 5.87. The molecule has 1 aromatic carbocycles. The van der Waals surface area contributed by atoms with Crippen LogP contribution in [0.1, 0.15) is 24.7 Å². The molecule has 5 heteroatoms. The molecule has 2 rings (SSSR count). The number of hydrogen-bond acceptors (Lipinski definition) is 4. The highest BCUT2D eigenvalue weighted by atomic mass is 35.5. The monoisotopic (exact) mass is 291 g/mol. The topological polar surface area (TPSA) is 47.0 Å². The molecule has 0 aliphatic rings. The van der Waals surface area contributed by atoms with Crippen molar-refractivity contribution in [3.63, 3.8) is 0 Å². The Morgan fingerprint density at radius 3 is 2.60 bits per heavy atom. The van der Waals surface area contributed by atoms with Gasteiger partial charge in [0.2, 0.25) is 5.88 Å². The number of nitrogens with one attached hydrogen (secondary N) is 1. The molecule has 1 N–H and O–H groups in total. The van der Waals surface area contributed by atoms with Gasteiger partial charge in [0.05, 0.1) is 7.11 Å². The number of rotatable bonds is 6. The van der Waals surface area contributed by atoms with Gasteiger partial charge < -0.3 is 10.1 Å². The highest BCUT2D eigenvalue weighted by Gasteiger charge is 2.04. The van der Waals surface area contributed by atoms with E-state index >= 15 is 0 Å². The smallest absolute Gasteiger partial charge is 0.218 e. The van der Waals surface area contributed by atoms with Gasteiger partial charge in [-0.05, 0) is 24.1 Å². The van der Waals surface area contributed by atoms with Crippen LogP contribution in [-0.2, 0) is 13.0 Å². The molecule has 1 heterocycles. The van der Waals surface area contributed by atoms with Crippen molar-refractivity contribution in [3.05, 3.63) is 46.7 Å². The van der Waals surface area contributed by atoms with Crippen LogP contribution in [0.5, 0.6) is 5.88 Å². The second kappa shape index (κ2) is 7.10. The molecule has 106 valence electrons. The number of ether oxygens (including phenoxy) is 1. The Morgan fingerprint density at radius 2 is 1.95 bits per heavy atom. The Kier molecular flexibility index (Phi) is 5.18. The van der Waals surface area contributed by atoms with E-state index in [2.05, 4.69) is 22.2 Å². The third-order valence-electron chi connectivity index (χ3n) is 2.82. The number of halogens is 1. The molecule has 0 aliphatic carbocycles. The molecule has 0 amide bonds. The summed E-state index contributed by atoms with van der Waals surface area (Å²) in [5, 5.41) is 4.02. The first-order valence-corrected chi connectivity index (χ1v) is 6.99. The first-order valence-electron chi connectivity index (χ1n) is 6.61. The lowest BCUT2D eigenvalue weighted by Crippen LogP contribution is -2.05. The normalized spacial score (nSPS) is 10.3. The van der Waals surface area contributed by atoms with Crippen LogP contribution < -0.4 is 10.1 Å². The lowest BCUT2D eigenvalue weighted by Gasteiger charge is -2.09. The van der Waals surface area contributed by atoms with E-state index in [1.165, 1.54) is 0 Å². The first kappa shape index (κ1) is 14.6. The Labute approximate surface area is 124 Å². The predicted molar refractivity (Wildman–Crippen MR) is 81.4 cm³/mol. The van der Waals surface area contributed by atoms with Gasteiger partial charge >= 0.3 is 0 Å². The van der Waals surface area contributed by atoms with Crippen molar-refractivity contribution in [2.75, 3.05) is 12.4 Å². The van der Waals surface area contributed by atoms with Gasteiger partial charge in [0.15, 0.2) is 0 Å². The second-order valence-electron chi connectivity index (χ2n) is 4.44. The molecular formula is C15H18ClN3O. The first-order chi connectivity index (χ1) is 9.71. The van der Waals surface area contributed by atoms with Gasteiger partial charge in [-0.25, -0.2) is 4.98 Å². The second-order valence-corrected chi connectivity index (χ2v) is 4.88. The van der Waals surface area contributed by atoms with Gasteiger partial charge in [0.25, 0.3) is 0 Å². The van der Waals surface area contributed by atoms with Crippen LogP contribution in [0.3, 0.4) is 0 Å². The quantitative estimate of drug-likeness (QED) is 0.881. The van der Waals surface area contributed by atoms with Crippen LogP contribution in [0.15, 0.2) is 30.3 Å². The van der Waals surface area contributed by atoms with Crippen LogP contribution in [0, 0.1) is 0 Å². The molecular weight excluding hydrogens is 274 g/mol. The number of aryl methyl sites for hydroxylation is 1. The molecule has 0 radical (unpaired) electrons. The van der Waals surface area contributed by atoms with Crippen LogP contribution in [0.25, 0.3) is 0 Å². The van der Waals surface area contributed by atoms with E-state index < -0.39 is 0 Å². The number of methoxy groups -OCH3 is 1. The van der Waals surface area contributed by atoms with Gasteiger partial charge in [-0.1, -0.05) is 30.7 Å². The van der Waals surface area contributed by atoms with E-state index in [-0.39, 0.29) is 0 Å². The average Bonchev–Trinajstić information content (AvgIpc) is 2.47. The highest BCUT2D eigenvalue weighted by molar-refractivity contribution is 6.30. The van der Waals surface area contributed by atoms with E-state index in [0.717, 1.165) is 35.1 Å². The number of nitrogens with zero attached hydrogens (tertiary/aromatic N) is 2. The summed E-state index contributed by atoms with van der Waals surface area (Å²) >= 11 is 5.87. The number of anilines is 1. The lowest BCUT2D eigenvalue weighted by atomic mass is 10.2. The Balaban J connectivity index is 2.07. The summed E-state index contributed by atoms with van der Waals surface area (Å²) in [4.78, 5) is 8.79. The van der Waals surface area contributed by atoms with Crippen molar-refractivity contribution < 1.29 is 4.74 Å². The van der Waals surface area contributed by atoms with E-state index in [4.69, 9.17) is 16.3 Å². The molecule has 4 nitrogen and oxygen atoms in total. The van der Waals surface area contributed by atoms with Crippen molar-refractivity contribution >= 4 is 17.4 Å². The third-order valence-corrected chi connectivity index (χ3v) is 3.07. The largest absolute Gasteiger partial charge is 0.481 e. The van der Waals surface area contributed by atoms with Crippen molar-refractivity contribution in [1.29, 1.82) is 0 Å². The zero-order chi connectivity index (χ0) is 14.4. The number of hydrogen-bond donors (Lipinski definition) is 1. The van der Waals surface area contributed by atoms with E-state index in [1.807, 2.05) is 24.3 Å². The molecule has 0 bridgehead atoms. The van der Waals surface area contributed by atoms with Crippen molar-refractivity contribution in [3.8, 4) is 5.88 Å². The fourth-order valence-electron chi connectivity index (χ4n) is 1.80. The molecule has 0 aliphatic heterocycles. The SMILES string of the molecule is CCCc1nc(NCc2ccc(Cl)cc2)cc(OC)n1. The number of aromatic nitrogens is 2. The summed E-state index contributed by atoms with van der Waals surface area (Å²) in [5.41, 5.74) is 1.14. The molecule has 2 aromatic rings. The predicted octanol–water partition coefficient (Wildman–Crippen LogP) is 3.70. The number of benzene rings is 1. The highest BCUT2D eigenvalue weighted by Crippen LogP contribution is 2.16. The van der Waals surface area contributed by atoms with Gasteiger partial charge in [-0.15, -0.1) is 0 Å². The van der Waals surface area contributed by atoms with Gasteiger partial charge in [0, 0.05) is 24.1 Å². The molecule has 1 aromatic heterocycles. The minimum absolute atomic E-state index is 0.585. The summed E-state index contributed by atoms with van der Waals surface area (Å²) in [6.07, 6.45) is 1.84. The maximum atomic E-state index is 5.87. The van der Waals surface area contributed by atoms with Crippen molar-refractivity contribution in [2.45, 2.75) is 26.3 Å². The minimum Gasteiger partial charge on any atom is -0.481 e. The molecule has 0 saturated heterocycles. The third kappa shape index (κ3) is 4.10. The molecule has 20 heavy (non-hydrogen) atoms. The van der Waals surface area contributed by atoms with Crippen LogP contribution in [-0.4, -0.2) is 17.1 Å². The summed E-state index contributed by atoms with van der Waals surface area (Å²) in [6, 6.07) is 9.53. The van der Waals surface area contributed by atoms with Crippen molar-refractivity contribution in [2.24, 2.45) is 0 Å². The Bertz CT molecular complexity index is 558. The van der Waals surface area contributed by atoms with Crippen LogP contribution in [0.4, 0.5) is 5.82 Å². The molecule has 0 spiro atoms. The van der Waals surface area contributed by atoms with Gasteiger partial charge in [-0.3, -0.25) is 0 Å². The van der Waals surface area contributed by atoms with Crippen molar-refractivity contribution in [1.82, 2.24) is 9.97 Å². The summed E-state index contributed by atoms with van der Waals surface area (Å²) in [6.45, 7) is 2.78. The molecule has 0 atom stereocenters. The molecule has 0 fully saturated rings. The Hall–Kier alpha value is -1.81. The Morgan fingerprint density at radius 1 is 1.20 bits per heavy atom. The van der Waals surface area contributed by atoms with Crippen LogP contribution in [0.2, 0.25) is 5.02 Å². The average molecular weight is 292 g/mol. The summed E-state index contributed by atoms with van der Waals surface area (Å²) in [5.74, 6) is 2.16. The maximum Gasteiger partial charge on any atom is 0.218 e. The molecule has 0 saturated carbocycles. The van der Waals surface area contributed by atoms with E-state index in [9.17, 15) is 0 Å². The summed E-state index contributed by atoms with van der Waals surface area (Å²) in [7, 11) is 1.61. The molecule has 0 unspecified atom stereocenters.